The topological polar surface area (TPSA) is 0 Å². The van der Waals surface area contributed by atoms with E-state index in [9.17, 15) is 0 Å². The SMILES string of the molecule is [CH2]=[Hf]([CH3])([CH3])([CH3])([CH2]C)([CH]1C=Cc2c(-c3cc(C(C)(C)C)cc(C(C)(C)C)c3)cccc21)[CH]1C=Cc2c(-c3cc(C(C)(C)C)cc(C(C)(C)C)c3)cccc21. The molecule has 0 nitrogen and oxygen atoms in total. The second-order valence-electron chi connectivity index (χ2n) is 24.8. The molecule has 2 aliphatic rings. The molecule has 0 heterocycles. The summed E-state index contributed by atoms with van der Waals surface area (Å²) in [5.74, 6) is 0. The van der Waals surface area contributed by atoms with E-state index in [1.807, 2.05) is 0 Å². The Labute approximate surface area is 318 Å². The first kappa shape index (κ1) is 39.8. The van der Waals surface area contributed by atoms with Crippen molar-refractivity contribution < 1.29 is 15.1 Å². The van der Waals surface area contributed by atoms with Gasteiger partial charge in [-0.3, -0.25) is 0 Å². The Morgan fingerprint density at radius 1 is 0.491 bits per heavy atom. The van der Waals surface area contributed by atoms with Gasteiger partial charge in [-0.05, 0) is 0 Å². The molecule has 0 saturated heterocycles. The van der Waals surface area contributed by atoms with Gasteiger partial charge in [0.2, 0.25) is 0 Å². The van der Waals surface area contributed by atoms with E-state index < -0.39 is 15.1 Å². The van der Waals surface area contributed by atoms with Gasteiger partial charge in [0.15, 0.2) is 0 Å². The molecule has 6 rings (SSSR count). The van der Waals surface area contributed by atoms with Gasteiger partial charge in [-0.1, -0.05) is 0 Å². The molecular formula is C52H70Hf. The predicted octanol–water partition coefficient (Wildman–Crippen LogP) is 15.8. The van der Waals surface area contributed by atoms with Gasteiger partial charge in [-0.25, -0.2) is 0 Å². The van der Waals surface area contributed by atoms with Crippen LogP contribution in [0.4, 0.5) is 0 Å². The quantitative estimate of drug-likeness (QED) is 0.175. The Hall–Kier alpha value is -2.90. The second kappa shape index (κ2) is 11.1. The molecule has 4 aromatic rings. The number of hydrogen-bond acceptors (Lipinski definition) is 0. The van der Waals surface area contributed by atoms with Crippen molar-refractivity contribution in [2.45, 2.75) is 137 Å². The first-order chi connectivity index (χ1) is 23.9. The van der Waals surface area contributed by atoms with Crippen LogP contribution in [0.25, 0.3) is 34.4 Å². The molecule has 0 amide bonds. The summed E-state index contributed by atoms with van der Waals surface area (Å²) in [6.07, 6.45) is 10.1. The maximum atomic E-state index is 5.73. The van der Waals surface area contributed by atoms with Crippen LogP contribution in [-0.4, -0.2) is 4.26 Å². The Bertz CT molecular complexity index is 2120. The molecular weight excluding hydrogens is 803 g/mol. The van der Waals surface area contributed by atoms with Gasteiger partial charge in [-0.2, -0.15) is 0 Å². The van der Waals surface area contributed by atoms with E-state index in [0.717, 1.165) is 4.18 Å². The van der Waals surface area contributed by atoms with Crippen LogP contribution in [0.5, 0.6) is 0 Å². The minimum absolute atomic E-state index is 0.0603. The molecule has 0 bridgehead atoms. The summed E-state index contributed by atoms with van der Waals surface area (Å²) in [7, 11) is 0. The molecule has 4 aromatic carbocycles. The summed E-state index contributed by atoms with van der Waals surface area (Å²) in [4.78, 5) is 0. The number of hydrogen-bond donors (Lipinski definition) is 0. The summed E-state index contributed by atoms with van der Waals surface area (Å²) in [5.41, 5.74) is 16.8. The molecule has 1 heteroatoms. The van der Waals surface area contributed by atoms with Crippen LogP contribution in [-0.2, 0) is 36.7 Å². The molecule has 2 atom stereocenters. The van der Waals surface area contributed by atoms with E-state index in [2.05, 4.69) is 201 Å². The third-order valence-corrected chi connectivity index (χ3v) is 52.9. The first-order valence-corrected chi connectivity index (χ1v) is 40.4. The number of benzene rings is 4. The van der Waals surface area contributed by atoms with Gasteiger partial charge in [0.25, 0.3) is 0 Å². The maximum absolute atomic E-state index is 5.73. The van der Waals surface area contributed by atoms with Crippen molar-refractivity contribution in [2.24, 2.45) is 0 Å². The van der Waals surface area contributed by atoms with Crippen LogP contribution >= 0.6 is 0 Å². The number of rotatable bonds is 5. The summed E-state index contributed by atoms with van der Waals surface area (Å²) in [5, 5.41) is 0. The van der Waals surface area contributed by atoms with Crippen molar-refractivity contribution in [1.82, 2.24) is 0 Å². The molecule has 0 aromatic heterocycles. The Balaban J connectivity index is 1.54. The molecule has 0 aliphatic heterocycles. The standard InChI is InChI=1S/2C23H27.C2H5.3CH3.CH2.Hf/c2*1-22(2,3)18-13-17(14-19(15-18)23(4,5)6)21-12-8-10-16-9-7-11-20(16)21;1-2;;;;;/h2*7-15H,1-6H3;1H2,2H3;3*1H3;1H2;. The van der Waals surface area contributed by atoms with E-state index in [-0.39, 0.29) is 29.0 Å². The van der Waals surface area contributed by atoms with Gasteiger partial charge in [0.05, 0.1) is 0 Å². The molecule has 0 saturated carbocycles. The van der Waals surface area contributed by atoms with Gasteiger partial charge >= 0.3 is 320 Å². The second-order valence-corrected chi connectivity index (χ2v) is 79.2. The van der Waals surface area contributed by atoms with Crippen LogP contribution in [0, 0.1) is 0 Å². The molecule has 0 spiro atoms. The van der Waals surface area contributed by atoms with Crippen LogP contribution in [0.15, 0.2) is 84.9 Å². The van der Waals surface area contributed by atoms with Gasteiger partial charge in [0.1, 0.15) is 0 Å². The molecule has 0 N–H and O–H groups in total. The van der Waals surface area contributed by atoms with E-state index in [1.54, 1.807) is 0 Å². The number of fused-ring (bicyclic) bond motifs is 2. The molecule has 0 radical (unpaired) electrons. The van der Waals surface area contributed by atoms with Crippen LogP contribution in [0.3, 0.4) is 0 Å². The minimum atomic E-state index is -5.27. The predicted molar refractivity (Wildman–Crippen MR) is 237 cm³/mol. The molecule has 2 unspecified atom stereocenters. The van der Waals surface area contributed by atoms with Gasteiger partial charge in [-0.15, -0.1) is 0 Å². The normalized spacial score (nSPS) is 19.7. The van der Waals surface area contributed by atoms with Crippen molar-refractivity contribution in [1.29, 1.82) is 0 Å². The fourth-order valence-electron chi connectivity index (χ4n) is 9.62. The third kappa shape index (κ3) is 6.54. The monoisotopic (exact) mass is 874 g/mol. The molecule has 0 fully saturated rings. The van der Waals surface area contributed by atoms with Crippen LogP contribution in [0.1, 0.15) is 142 Å². The number of allylic oxidation sites excluding steroid dienone is 2. The zero-order chi connectivity index (χ0) is 39.5. The Kier molecular flexibility index (Phi) is 8.34. The van der Waals surface area contributed by atoms with Crippen molar-refractivity contribution in [3.8, 4) is 22.3 Å². The Morgan fingerprint density at radius 2 is 0.792 bits per heavy atom. The average Bonchev–Trinajstić information content (AvgIpc) is 3.70. The summed E-state index contributed by atoms with van der Waals surface area (Å²) in [6, 6.07) is 28.9. The van der Waals surface area contributed by atoms with Crippen molar-refractivity contribution in [3.05, 3.63) is 129 Å². The molecule has 282 valence electrons. The Morgan fingerprint density at radius 3 is 1.06 bits per heavy atom. The fraction of sp³-hybridized carbons (Fsp3) is 0.442. The van der Waals surface area contributed by atoms with Gasteiger partial charge in [0, 0.05) is 0 Å². The van der Waals surface area contributed by atoms with Crippen LogP contribution in [0.2, 0.25) is 18.2 Å². The van der Waals surface area contributed by atoms with Gasteiger partial charge < -0.3 is 0 Å². The summed E-state index contributed by atoms with van der Waals surface area (Å²) >= 11 is -5.27. The van der Waals surface area contributed by atoms with Crippen LogP contribution < -0.4 is 0 Å². The van der Waals surface area contributed by atoms with E-state index in [4.69, 9.17) is 4.26 Å². The summed E-state index contributed by atoms with van der Waals surface area (Å²) in [6.45, 7) is 30.5. The van der Waals surface area contributed by atoms with E-state index in [1.165, 1.54) is 66.8 Å². The van der Waals surface area contributed by atoms with Crippen molar-refractivity contribution in [2.75, 3.05) is 0 Å². The average molecular weight is 874 g/mol. The van der Waals surface area contributed by atoms with E-state index >= 15 is 0 Å². The summed E-state index contributed by atoms with van der Waals surface area (Å²) < 4.78 is 15.4. The molecule has 2 aliphatic carbocycles. The van der Waals surface area contributed by atoms with Crippen molar-refractivity contribution >= 4 is 16.4 Å². The zero-order valence-electron chi connectivity index (χ0n) is 36.3. The fourth-order valence-corrected chi connectivity index (χ4v) is 34.7. The first-order valence-electron chi connectivity index (χ1n) is 20.4. The molecule has 53 heavy (non-hydrogen) atoms. The van der Waals surface area contributed by atoms with Crippen molar-refractivity contribution in [3.63, 3.8) is 0 Å². The third-order valence-electron chi connectivity index (χ3n) is 14.6. The van der Waals surface area contributed by atoms with E-state index in [0.29, 0.717) is 0 Å². The zero-order valence-corrected chi connectivity index (χ0v) is 39.9.